The third-order valence-corrected chi connectivity index (χ3v) is 3.03. The average Bonchev–Trinajstić information content (AvgIpc) is 2.53. The van der Waals surface area contributed by atoms with Crippen LogP contribution in [0.4, 0.5) is 5.82 Å². The first-order valence-electron chi connectivity index (χ1n) is 4.65. The number of hydrogen-bond acceptors (Lipinski definition) is 2. The summed E-state index contributed by atoms with van der Waals surface area (Å²) in [7, 11) is 0. The Hall–Kier alpha value is -0.570. The standard InChI is InChI=1S/C10H13BrN2/c1-8-3-2-6-13(8)10-5-4-9(11)7-12-10/h4-5,7-8H,2-3,6H2,1H3/t8-/m1/s1. The highest BCUT2D eigenvalue weighted by Crippen LogP contribution is 2.23. The number of hydrogen-bond donors (Lipinski definition) is 0. The predicted molar refractivity (Wildman–Crippen MR) is 58.0 cm³/mol. The van der Waals surface area contributed by atoms with Gasteiger partial charge in [0.1, 0.15) is 5.82 Å². The van der Waals surface area contributed by atoms with Gasteiger partial charge < -0.3 is 4.90 Å². The van der Waals surface area contributed by atoms with Crippen molar-refractivity contribution in [2.45, 2.75) is 25.8 Å². The molecule has 1 fully saturated rings. The molecule has 0 N–H and O–H groups in total. The van der Waals surface area contributed by atoms with Gasteiger partial charge in [-0.3, -0.25) is 0 Å². The van der Waals surface area contributed by atoms with Crippen molar-refractivity contribution in [2.24, 2.45) is 0 Å². The third kappa shape index (κ3) is 1.85. The van der Waals surface area contributed by atoms with E-state index >= 15 is 0 Å². The van der Waals surface area contributed by atoms with Crippen molar-refractivity contribution < 1.29 is 0 Å². The molecule has 1 saturated heterocycles. The van der Waals surface area contributed by atoms with Gasteiger partial charge in [0, 0.05) is 23.3 Å². The third-order valence-electron chi connectivity index (χ3n) is 2.56. The molecular formula is C10H13BrN2. The predicted octanol–water partition coefficient (Wildman–Crippen LogP) is 2.83. The maximum Gasteiger partial charge on any atom is 0.128 e. The molecule has 13 heavy (non-hydrogen) atoms. The molecule has 70 valence electrons. The lowest BCUT2D eigenvalue weighted by Crippen LogP contribution is -2.26. The van der Waals surface area contributed by atoms with E-state index in [4.69, 9.17) is 0 Å². The molecule has 1 aromatic heterocycles. The maximum atomic E-state index is 4.39. The Bertz CT molecular complexity index is 283. The van der Waals surface area contributed by atoms with E-state index in [-0.39, 0.29) is 0 Å². The minimum atomic E-state index is 0.647. The van der Waals surface area contributed by atoms with Crippen LogP contribution < -0.4 is 4.90 Å². The van der Waals surface area contributed by atoms with Crippen LogP contribution in [0.1, 0.15) is 19.8 Å². The van der Waals surface area contributed by atoms with Crippen LogP contribution in [0.5, 0.6) is 0 Å². The van der Waals surface area contributed by atoms with E-state index in [1.165, 1.54) is 12.8 Å². The lowest BCUT2D eigenvalue weighted by Gasteiger charge is -2.22. The molecule has 2 heterocycles. The number of anilines is 1. The average molecular weight is 241 g/mol. The van der Waals surface area contributed by atoms with Gasteiger partial charge in [0.2, 0.25) is 0 Å². The first-order chi connectivity index (χ1) is 6.27. The highest BCUT2D eigenvalue weighted by Gasteiger charge is 2.20. The molecule has 1 aromatic rings. The molecule has 2 nitrogen and oxygen atoms in total. The lowest BCUT2D eigenvalue weighted by molar-refractivity contribution is 0.727. The number of rotatable bonds is 1. The summed E-state index contributed by atoms with van der Waals surface area (Å²) in [6, 6.07) is 4.77. The lowest BCUT2D eigenvalue weighted by atomic mass is 10.2. The van der Waals surface area contributed by atoms with Crippen molar-refractivity contribution in [1.82, 2.24) is 4.98 Å². The summed E-state index contributed by atoms with van der Waals surface area (Å²) in [6.07, 6.45) is 4.44. The largest absolute Gasteiger partial charge is 0.354 e. The fourth-order valence-electron chi connectivity index (χ4n) is 1.81. The normalized spacial score (nSPS) is 22.3. The Morgan fingerprint density at radius 2 is 2.38 bits per heavy atom. The van der Waals surface area contributed by atoms with Crippen LogP contribution in [-0.2, 0) is 0 Å². The summed E-state index contributed by atoms with van der Waals surface area (Å²) in [6.45, 7) is 3.41. The van der Waals surface area contributed by atoms with E-state index in [9.17, 15) is 0 Å². The molecule has 0 radical (unpaired) electrons. The molecule has 0 bridgehead atoms. The zero-order valence-corrected chi connectivity index (χ0v) is 9.29. The van der Waals surface area contributed by atoms with Crippen LogP contribution in [0, 0.1) is 0 Å². The molecule has 0 spiro atoms. The first-order valence-corrected chi connectivity index (χ1v) is 5.45. The van der Waals surface area contributed by atoms with Gasteiger partial charge in [0.05, 0.1) is 0 Å². The molecule has 0 aromatic carbocycles. The van der Waals surface area contributed by atoms with Gasteiger partial charge in [0.25, 0.3) is 0 Å². The summed E-state index contributed by atoms with van der Waals surface area (Å²) in [5, 5.41) is 0. The number of halogens is 1. The zero-order valence-electron chi connectivity index (χ0n) is 7.70. The number of aromatic nitrogens is 1. The molecule has 0 amide bonds. The first kappa shape index (κ1) is 9.00. The number of nitrogens with zero attached hydrogens (tertiary/aromatic N) is 2. The van der Waals surface area contributed by atoms with Gasteiger partial charge in [-0.25, -0.2) is 4.98 Å². The SMILES string of the molecule is C[C@@H]1CCCN1c1ccc(Br)cn1. The summed E-state index contributed by atoms with van der Waals surface area (Å²) < 4.78 is 1.04. The summed E-state index contributed by atoms with van der Waals surface area (Å²) >= 11 is 3.39. The van der Waals surface area contributed by atoms with Gasteiger partial charge in [-0.05, 0) is 47.8 Å². The van der Waals surface area contributed by atoms with Crippen LogP contribution in [0.2, 0.25) is 0 Å². The van der Waals surface area contributed by atoms with Crippen LogP contribution in [0.3, 0.4) is 0 Å². The summed E-state index contributed by atoms with van der Waals surface area (Å²) in [4.78, 5) is 6.76. The van der Waals surface area contributed by atoms with Gasteiger partial charge >= 0.3 is 0 Å². The van der Waals surface area contributed by atoms with E-state index < -0.39 is 0 Å². The highest BCUT2D eigenvalue weighted by molar-refractivity contribution is 9.10. The molecule has 1 aliphatic rings. The molecule has 0 unspecified atom stereocenters. The van der Waals surface area contributed by atoms with Gasteiger partial charge in [-0.1, -0.05) is 0 Å². The Morgan fingerprint density at radius 1 is 1.54 bits per heavy atom. The molecule has 0 saturated carbocycles. The zero-order chi connectivity index (χ0) is 9.26. The van der Waals surface area contributed by atoms with Crippen molar-refractivity contribution in [3.63, 3.8) is 0 Å². The molecule has 1 atom stereocenters. The topological polar surface area (TPSA) is 16.1 Å². The van der Waals surface area contributed by atoms with Gasteiger partial charge in [-0.2, -0.15) is 0 Å². The van der Waals surface area contributed by atoms with E-state index in [2.05, 4.69) is 38.8 Å². The Morgan fingerprint density at radius 3 is 2.92 bits per heavy atom. The van der Waals surface area contributed by atoms with E-state index in [1.807, 2.05) is 12.3 Å². The highest BCUT2D eigenvalue weighted by atomic mass is 79.9. The molecule has 2 rings (SSSR count). The fraction of sp³-hybridized carbons (Fsp3) is 0.500. The van der Waals surface area contributed by atoms with E-state index in [0.29, 0.717) is 6.04 Å². The van der Waals surface area contributed by atoms with Crippen molar-refractivity contribution in [2.75, 3.05) is 11.4 Å². The van der Waals surface area contributed by atoms with Crippen LogP contribution in [0.25, 0.3) is 0 Å². The fourth-order valence-corrected chi connectivity index (χ4v) is 2.05. The second kappa shape index (κ2) is 3.66. The molecular weight excluding hydrogens is 228 g/mol. The monoisotopic (exact) mass is 240 g/mol. The second-order valence-electron chi connectivity index (χ2n) is 3.52. The Labute approximate surface area is 87.1 Å². The van der Waals surface area contributed by atoms with Crippen molar-refractivity contribution in [3.05, 3.63) is 22.8 Å². The summed E-state index contributed by atoms with van der Waals surface area (Å²) in [5.41, 5.74) is 0. The summed E-state index contributed by atoms with van der Waals surface area (Å²) in [5.74, 6) is 1.10. The maximum absolute atomic E-state index is 4.39. The molecule has 3 heteroatoms. The van der Waals surface area contributed by atoms with Crippen molar-refractivity contribution in [1.29, 1.82) is 0 Å². The van der Waals surface area contributed by atoms with Gasteiger partial charge in [-0.15, -0.1) is 0 Å². The molecule has 0 aliphatic carbocycles. The van der Waals surface area contributed by atoms with E-state index in [0.717, 1.165) is 16.8 Å². The number of pyridine rings is 1. The van der Waals surface area contributed by atoms with E-state index in [1.54, 1.807) is 0 Å². The minimum Gasteiger partial charge on any atom is -0.354 e. The quantitative estimate of drug-likeness (QED) is 0.751. The van der Waals surface area contributed by atoms with Crippen LogP contribution in [-0.4, -0.2) is 17.6 Å². The van der Waals surface area contributed by atoms with Crippen LogP contribution in [0.15, 0.2) is 22.8 Å². The Balaban J connectivity index is 2.20. The smallest absolute Gasteiger partial charge is 0.128 e. The minimum absolute atomic E-state index is 0.647. The Kier molecular flexibility index (Phi) is 2.54. The second-order valence-corrected chi connectivity index (χ2v) is 4.43. The van der Waals surface area contributed by atoms with Crippen molar-refractivity contribution in [3.8, 4) is 0 Å². The van der Waals surface area contributed by atoms with Gasteiger partial charge in [0.15, 0.2) is 0 Å². The van der Waals surface area contributed by atoms with Crippen molar-refractivity contribution >= 4 is 21.7 Å². The van der Waals surface area contributed by atoms with Crippen LogP contribution >= 0.6 is 15.9 Å². The molecule has 1 aliphatic heterocycles.